The number of halogens is 4. The molecule has 1 saturated heterocycles. The number of benzene rings is 2. The number of piperidine rings is 1. The number of carbonyl (C=O) groups is 1. The predicted molar refractivity (Wildman–Crippen MR) is 114 cm³/mol. The summed E-state index contributed by atoms with van der Waals surface area (Å²) in [6.07, 6.45) is -3.68. The first kappa shape index (κ1) is 24.3. The third-order valence-electron chi connectivity index (χ3n) is 5.05. The molecular weight excluding hydrogens is 469 g/mol. The second-order valence-corrected chi connectivity index (χ2v) is 9.64. The topological polar surface area (TPSA) is 75.7 Å². The van der Waals surface area contributed by atoms with Gasteiger partial charge in [-0.3, -0.25) is 4.79 Å². The smallest absolute Gasteiger partial charge is 0.416 e. The van der Waals surface area contributed by atoms with Crippen molar-refractivity contribution in [3.05, 3.63) is 53.1 Å². The molecule has 0 unspecified atom stereocenters. The maximum Gasteiger partial charge on any atom is 0.416 e. The fourth-order valence-electron chi connectivity index (χ4n) is 3.46. The molecule has 0 aromatic heterocycles. The molecule has 2 aromatic rings. The summed E-state index contributed by atoms with van der Waals surface area (Å²) in [7, 11) is -3.92. The lowest BCUT2D eigenvalue weighted by Gasteiger charge is -2.31. The van der Waals surface area contributed by atoms with Crippen molar-refractivity contribution >= 4 is 33.2 Å². The van der Waals surface area contributed by atoms with Gasteiger partial charge in [-0.1, -0.05) is 17.7 Å². The molecule has 1 fully saturated rings. The number of sulfonamides is 1. The third kappa shape index (κ3) is 5.54. The van der Waals surface area contributed by atoms with E-state index >= 15 is 0 Å². The van der Waals surface area contributed by atoms with Crippen LogP contribution in [0.4, 0.5) is 18.9 Å². The molecule has 1 aliphatic rings. The van der Waals surface area contributed by atoms with Gasteiger partial charge in [-0.2, -0.15) is 17.5 Å². The van der Waals surface area contributed by atoms with Crippen LogP contribution in [0.5, 0.6) is 5.75 Å². The Hall–Kier alpha value is -2.30. The SMILES string of the molecule is CCOc1ccc(S(=O)(=O)N2CCC[C@H](C(=O)Nc3cccc(C(F)(F)F)c3)C2)cc1Cl. The standard InChI is InChI=1S/C21H22ClF3N2O4S/c1-2-31-19-9-8-17(12-18(19)22)32(29,30)27-10-4-5-14(13-27)20(28)26-16-7-3-6-15(11-16)21(23,24)25/h3,6-9,11-12,14H,2,4-5,10,13H2,1H3,(H,26,28)/t14-/m0/s1. The molecule has 11 heteroatoms. The van der Waals surface area contributed by atoms with Gasteiger partial charge in [0.15, 0.2) is 0 Å². The molecule has 0 radical (unpaired) electrons. The number of carbonyl (C=O) groups excluding carboxylic acids is 1. The summed E-state index contributed by atoms with van der Waals surface area (Å²) in [5.41, 5.74) is -0.876. The zero-order valence-electron chi connectivity index (χ0n) is 17.2. The minimum atomic E-state index is -4.53. The highest BCUT2D eigenvalue weighted by molar-refractivity contribution is 7.89. The molecule has 32 heavy (non-hydrogen) atoms. The van der Waals surface area contributed by atoms with Gasteiger partial charge in [-0.25, -0.2) is 8.42 Å². The molecule has 1 heterocycles. The lowest BCUT2D eigenvalue weighted by Crippen LogP contribution is -2.43. The van der Waals surface area contributed by atoms with Crippen LogP contribution in [-0.2, 0) is 21.0 Å². The number of nitrogens with one attached hydrogen (secondary N) is 1. The number of ether oxygens (including phenoxy) is 1. The summed E-state index contributed by atoms with van der Waals surface area (Å²) >= 11 is 6.12. The Balaban J connectivity index is 1.73. The fourth-order valence-corrected chi connectivity index (χ4v) is 5.31. The second-order valence-electron chi connectivity index (χ2n) is 7.30. The highest BCUT2D eigenvalue weighted by atomic mass is 35.5. The largest absolute Gasteiger partial charge is 0.492 e. The van der Waals surface area contributed by atoms with Crippen molar-refractivity contribution in [1.29, 1.82) is 0 Å². The minimum absolute atomic E-state index is 0.00287. The van der Waals surface area contributed by atoms with E-state index in [4.69, 9.17) is 16.3 Å². The number of amides is 1. The van der Waals surface area contributed by atoms with Gasteiger partial charge in [0.1, 0.15) is 5.75 Å². The number of rotatable bonds is 6. The Bertz CT molecular complexity index is 1090. The van der Waals surface area contributed by atoms with Crippen LogP contribution in [0.15, 0.2) is 47.4 Å². The predicted octanol–water partition coefficient (Wildman–Crippen LogP) is 4.80. The lowest BCUT2D eigenvalue weighted by atomic mass is 9.98. The Morgan fingerprint density at radius 1 is 1.25 bits per heavy atom. The summed E-state index contributed by atoms with van der Waals surface area (Å²) in [4.78, 5) is 12.6. The van der Waals surface area contributed by atoms with Crippen molar-refractivity contribution in [2.24, 2.45) is 5.92 Å². The van der Waals surface area contributed by atoms with Crippen LogP contribution in [0.1, 0.15) is 25.3 Å². The van der Waals surface area contributed by atoms with Crippen LogP contribution < -0.4 is 10.1 Å². The van der Waals surface area contributed by atoms with Gasteiger partial charge >= 0.3 is 6.18 Å². The molecule has 1 atom stereocenters. The van der Waals surface area contributed by atoms with E-state index in [1.54, 1.807) is 6.92 Å². The molecule has 0 spiro atoms. The van der Waals surface area contributed by atoms with E-state index < -0.39 is 33.6 Å². The van der Waals surface area contributed by atoms with Gasteiger partial charge in [0.05, 0.1) is 28.0 Å². The third-order valence-corrected chi connectivity index (χ3v) is 7.21. The average molecular weight is 491 g/mol. The minimum Gasteiger partial charge on any atom is -0.492 e. The van der Waals surface area contributed by atoms with E-state index in [0.29, 0.717) is 25.2 Å². The zero-order chi connectivity index (χ0) is 23.5. The van der Waals surface area contributed by atoms with Gasteiger partial charge in [0.2, 0.25) is 15.9 Å². The first-order valence-corrected chi connectivity index (χ1v) is 11.7. The molecule has 1 amide bonds. The normalized spacial score (nSPS) is 17.7. The number of anilines is 1. The van der Waals surface area contributed by atoms with Crippen LogP contribution in [-0.4, -0.2) is 38.3 Å². The molecular formula is C21H22ClF3N2O4S. The quantitative estimate of drug-likeness (QED) is 0.631. The molecule has 1 aliphatic heterocycles. The molecule has 174 valence electrons. The summed E-state index contributed by atoms with van der Waals surface area (Å²) in [5.74, 6) is -0.870. The van der Waals surface area contributed by atoms with Crippen molar-refractivity contribution in [1.82, 2.24) is 4.31 Å². The van der Waals surface area contributed by atoms with Crippen LogP contribution in [0.2, 0.25) is 5.02 Å². The van der Waals surface area contributed by atoms with Crippen molar-refractivity contribution < 1.29 is 31.1 Å². The van der Waals surface area contributed by atoms with Crippen molar-refractivity contribution in [2.45, 2.75) is 30.8 Å². The van der Waals surface area contributed by atoms with Gasteiger partial charge in [-0.05, 0) is 56.2 Å². The van der Waals surface area contributed by atoms with E-state index in [1.807, 2.05) is 0 Å². The molecule has 2 aromatic carbocycles. The summed E-state index contributed by atoms with van der Waals surface area (Å²) in [5, 5.41) is 2.62. The zero-order valence-corrected chi connectivity index (χ0v) is 18.7. The van der Waals surface area contributed by atoms with Crippen molar-refractivity contribution in [3.63, 3.8) is 0 Å². The van der Waals surface area contributed by atoms with E-state index in [0.717, 1.165) is 12.1 Å². The molecule has 0 saturated carbocycles. The second kappa shape index (κ2) is 9.68. The fraction of sp³-hybridized carbons (Fsp3) is 0.381. The first-order valence-electron chi connectivity index (χ1n) is 9.93. The Kier molecular flexibility index (Phi) is 7.36. The van der Waals surface area contributed by atoms with E-state index in [-0.39, 0.29) is 28.7 Å². The Morgan fingerprint density at radius 2 is 2.00 bits per heavy atom. The van der Waals surface area contributed by atoms with Gasteiger partial charge < -0.3 is 10.1 Å². The number of nitrogens with zero attached hydrogens (tertiary/aromatic N) is 1. The highest BCUT2D eigenvalue weighted by Crippen LogP contribution is 2.32. The van der Waals surface area contributed by atoms with Crippen molar-refractivity contribution in [2.75, 3.05) is 25.0 Å². The molecule has 0 bridgehead atoms. The van der Waals surface area contributed by atoms with E-state index in [9.17, 15) is 26.4 Å². The monoisotopic (exact) mass is 490 g/mol. The summed E-state index contributed by atoms with van der Waals surface area (Å²) in [6, 6.07) is 8.47. The summed E-state index contributed by atoms with van der Waals surface area (Å²) < 4.78 is 71.3. The number of hydrogen-bond acceptors (Lipinski definition) is 4. The van der Waals surface area contributed by atoms with Crippen LogP contribution in [0.3, 0.4) is 0 Å². The molecule has 6 nitrogen and oxygen atoms in total. The molecule has 0 aliphatic carbocycles. The first-order chi connectivity index (χ1) is 15.0. The Morgan fingerprint density at radius 3 is 2.66 bits per heavy atom. The maximum atomic E-state index is 13.1. The molecule has 3 rings (SSSR count). The van der Waals surface area contributed by atoms with Crippen molar-refractivity contribution in [3.8, 4) is 5.75 Å². The average Bonchev–Trinajstić information content (AvgIpc) is 2.75. The van der Waals surface area contributed by atoms with E-state index in [2.05, 4.69) is 5.32 Å². The summed E-state index contributed by atoms with van der Waals surface area (Å²) in [6.45, 7) is 2.29. The van der Waals surface area contributed by atoms with Crippen LogP contribution in [0, 0.1) is 5.92 Å². The highest BCUT2D eigenvalue weighted by Gasteiger charge is 2.34. The van der Waals surface area contributed by atoms with Gasteiger partial charge in [0.25, 0.3) is 0 Å². The number of alkyl halides is 3. The number of hydrogen-bond donors (Lipinski definition) is 1. The Labute approximate surface area is 189 Å². The van der Waals surface area contributed by atoms with Gasteiger partial charge in [-0.15, -0.1) is 0 Å². The van der Waals surface area contributed by atoms with Gasteiger partial charge in [0, 0.05) is 18.8 Å². The molecule has 1 N–H and O–H groups in total. The maximum absolute atomic E-state index is 13.1. The van der Waals surface area contributed by atoms with E-state index in [1.165, 1.54) is 34.6 Å². The lowest BCUT2D eigenvalue weighted by molar-refractivity contribution is -0.137. The van der Waals surface area contributed by atoms with Crippen LogP contribution in [0.25, 0.3) is 0 Å². The van der Waals surface area contributed by atoms with Crippen LogP contribution >= 0.6 is 11.6 Å².